The molecule has 2 rings (SSSR count). The van der Waals surface area contributed by atoms with Crippen molar-refractivity contribution in [3.63, 3.8) is 0 Å². The van der Waals surface area contributed by atoms with Gasteiger partial charge in [-0.2, -0.15) is 0 Å². The van der Waals surface area contributed by atoms with Gasteiger partial charge in [0.05, 0.1) is 21.7 Å². The minimum absolute atomic E-state index is 0.118. The van der Waals surface area contributed by atoms with Crippen molar-refractivity contribution in [2.24, 2.45) is 0 Å². The normalized spacial score (nSPS) is 11.1. The summed E-state index contributed by atoms with van der Waals surface area (Å²) in [7, 11) is -3.67. The molecule has 0 amide bonds. The molecule has 0 saturated heterocycles. The van der Waals surface area contributed by atoms with Crippen LogP contribution in [-0.4, -0.2) is 15.0 Å². The van der Waals surface area contributed by atoms with Gasteiger partial charge in [-0.1, -0.05) is 6.07 Å². The summed E-state index contributed by atoms with van der Waals surface area (Å²) in [6.07, 6.45) is 0. The van der Waals surface area contributed by atoms with Gasteiger partial charge in [-0.05, 0) is 59.3 Å². The van der Waals surface area contributed by atoms with Gasteiger partial charge in [-0.25, -0.2) is 8.42 Å². The molecule has 2 aromatic carbocycles. The lowest BCUT2D eigenvalue weighted by atomic mass is 10.3. The first kappa shape index (κ1) is 15.7. The molecule has 21 heavy (non-hydrogen) atoms. The SMILES string of the molecule is CCOc1ccc(NS(=O)(=O)c2cccc(N)c2)cc1Br. The van der Waals surface area contributed by atoms with Crippen LogP contribution in [0, 0.1) is 0 Å². The van der Waals surface area contributed by atoms with Crippen LogP contribution in [0.1, 0.15) is 6.92 Å². The van der Waals surface area contributed by atoms with Gasteiger partial charge in [0.15, 0.2) is 0 Å². The van der Waals surface area contributed by atoms with Crippen LogP contribution in [0.15, 0.2) is 51.8 Å². The first-order valence-electron chi connectivity index (χ1n) is 6.23. The molecule has 0 heterocycles. The van der Waals surface area contributed by atoms with Gasteiger partial charge in [-0.15, -0.1) is 0 Å². The third-order valence-corrected chi connectivity index (χ3v) is 4.65. The molecule has 0 aromatic heterocycles. The lowest BCUT2D eigenvalue weighted by molar-refractivity contribution is 0.338. The molecule has 3 N–H and O–H groups in total. The predicted octanol–water partition coefficient (Wildman–Crippen LogP) is 3.23. The van der Waals surface area contributed by atoms with Gasteiger partial charge in [0.2, 0.25) is 0 Å². The average Bonchev–Trinajstić information content (AvgIpc) is 2.42. The van der Waals surface area contributed by atoms with Crippen molar-refractivity contribution < 1.29 is 13.2 Å². The van der Waals surface area contributed by atoms with Crippen molar-refractivity contribution in [1.29, 1.82) is 0 Å². The summed E-state index contributed by atoms with van der Waals surface area (Å²) in [6.45, 7) is 2.41. The van der Waals surface area contributed by atoms with Crippen LogP contribution >= 0.6 is 15.9 Å². The molecule has 2 aromatic rings. The Morgan fingerprint density at radius 1 is 1.24 bits per heavy atom. The van der Waals surface area contributed by atoms with Crippen LogP contribution in [0.2, 0.25) is 0 Å². The zero-order chi connectivity index (χ0) is 15.5. The Labute approximate surface area is 132 Å². The van der Waals surface area contributed by atoms with E-state index in [0.29, 0.717) is 28.2 Å². The monoisotopic (exact) mass is 370 g/mol. The zero-order valence-corrected chi connectivity index (χ0v) is 13.7. The second-order valence-electron chi connectivity index (χ2n) is 4.26. The maximum absolute atomic E-state index is 12.3. The number of sulfonamides is 1. The van der Waals surface area contributed by atoms with E-state index in [1.165, 1.54) is 12.1 Å². The smallest absolute Gasteiger partial charge is 0.261 e. The Hall–Kier alpha value is -1.73. The maximum Gasteiger partial charge on any atom is 0.261 e. The fourth-order valence-electron chi connectivity index (χ4n) is 1.73. The van der Waals surface area contributed by atoms with E-state index in [2.05, 4.69) is 20.7 Å². The highest BCUT2D eigenvalue weighted by atomic mass is 79.9. The highest BCUT2D eigenvalue weighted by molar-refractivity contribution is 9.10. The highest BCUT2D eigenvalue weighted by Gasteiger charge is 2.15. The molecule has 0 aliphatic carbocycles. The molecule has 0 spiro atoms. The summed E-state index contributed by atoms with van der Waals surface area (Å²) in [6, 6.07) is 11.1. The van der Waals surface area contributed by atoms with E-state index in [4.69, 9.17) is 10.5 Å². The standard InChI is InChI=1S/C14H15BrN2O3S/c1-2-20-14-7-6-11(9-13(14)15)17-21(18,19)12-5-3-4-10(16)8-12/h3-9,17H,2,16H2,1H3. The minimum atomic E-state index is -3.67. The van der Waals surface area contributed by atoms with Crippen LogP contribution in [0.4, 0.5) is 11.4 Å². The van der Waals surface area contributed by atoms with Crippen molar-refractivity contribution in [2.75, 3.05) is 17.1 Å². The number of hydrogen-bond donors (Lipinski definition) is 2. The molecule has 7 heteroatoms. The number of nitrogens with two attached hydrogens (primary N) is 1. The Balaban J connectivity index is 2.27. The molecule has 0 atom stereocenters. The molecule has 112 valence electrons. The number of hydrogen-bond acceptors (Lipinski definition) is 4. The van der Waals surface area contributed by atoms with Crippen LogP contribution in [-0.2, 0) is 10.0 Å². The molecule has 0 fully saturated rings. The van der Waals surface area contributed by atoms with E-state index < -0.39 is 10.0 Å². The van der Waals surface area contributed by atoms with Gasteiger partial charge >= 0.3 is 0 Å². The van der Waals surface area contributed by atoms with E-state index in [1.54, 1.807) is 30.3 Å². The average molecular weight is 371 g/mol. The number of halogens is 1. The molecule has 0 unspecified atom stereocenters. The Morgan fingerprint density at radius 2 is 2.00 bits per heavy atom. The van der Waals surface area contributed by atoms with Crippen molar-refractivity contribution in [3.05, 3.63) is 46.9 Å². The largest absolute Gasteiger partial charge is 0.493 e. The third-order valence-electron chi connectivity index (χ3n) is 2.65. The molecule has 0 bridgehead atoms. The van der Waals surface area contributed by atoms with E-state index in [0.717, 1.165) is 0 Å². The topological polar surface area (TPSA) is 81.4 Å². The van der Waals surface area contributed by atoms with Gasteiger partial charge in [-0.3, -0.25) is 4.72 Å². The lowest BCUT2D eigenvalue weighted by Gasteiger charge is -2.11. The van der Waals surface area contributed by atoms with Crippen molar-refractivity contribution >= 4 is 37.3 Å². The van der Waals surface area contributed by atoms with E-state index in [1.807, 2.05) is 6.92 Å². The number of nitrogens with one attached hydrogen (secondary N) is 1. The van der Waals surface area contributed by atoms with Gasteiger partial charge in [0.1, 0.15) is 5.75 Å². The quantitative estimate of drug-likeness (QED) is 0.791. The molecule has 0 saturated carbocycles. The summed E-state index contributed by atoms with van der Waals surface area (Å²) < 4.78 is 33.1. The molecular formula is C14H15BrN2O3S. The first-order valence-corrected chi connectivity index (χ1v) is 8.50. The summed E-state index contributed by atoms with van der Waals surface area (Å²) in [5.74, 6) is 0.657. The fourth-order valence-corrected chi connectivity index (χ4v) is 3.33. The van der Waals surface area contributed by atoms with Gasteiger partial charge in [0, 0.05) is 5.69 Å². The second-order valence-corrected chi connectivity index (χ2v) is 6.79. The maximum atomic E-state index is 12.3. The molecule has 0 aliphatic heterocycles. The predicted molar refractivity (Wildman–Crippen MR) is 87.0 cm³/mol. The molecule has 0 radical (unpaired) electrons. The summed E-state index contributed by atoms with van der Waals surface area (Å²) in [4.78, 5) is 0.118. The van der Waals surface area contributed by atoms with Gasteiger partial charge in [0.25, 0.3) is 10.0 Å². The molecule has 5 nitrogen and oxygen atoms in total. The van der Waals surface area contributed by atoms with Crippen LogP contribution in [0.5, 0.6) is 5.75 Å². The number of anilines is 2. The van der Waals surface area contributed by atoms with Crippen LogP contribution in [0.3, 0.4) is 0 Å². The molecular weight excluding hydrogens is 356 g/mol. The van der Waals surface area contributed by atoms with Crippen LogP contribution in [0.25, 0.3) is 0 Å². The van der Waals surface area contributed by atoms with Crippen molar-refractivity contribution in [2.45, 2.75) is 11.8 Å². The first-order chi connectivity index (χ1) is 9.92. The van der Waals surface area contributed by atoms with E-state index >= 15 is 0 Å². The second kappa shape index (κ2) is 6.36. The van der Waals surface area contributed by atoms with Gasteiger partial charge < -0.3 is 10.5 Å². The summed E-state index contributed by atoms with van der Waals surface area (Å²) in [5.41, 5.74) is 6.44. The summed E-state index contributed by atoms with van der Waals surface area (Å²) in [5, 5.41) is 0. The number of rotatable bonds is 5. The fraction of sp³-hybridized carbons (Fsp3) is 0.143. The Kier molecular flexibility index (Phi) is 4.74. The van der Waals surface area contributed by atoms with E-state index in [-0.39, 0.29) is 4.90 Å². The Morgan fingerprint density at radius 3 is 2.62 bits per heavy atom. The minimum Gasteiger partial charge on any atom is -0.493 e. The Bertz CT molecular complexity index is 748. The molecule has 0 aliphatic rings. The lowest BCUT2D eigenvalue weighted by Crippen LogP contribution is -2.13. The highest BCUT2D eigenvalue weighted by Crippen LogP contribution is 2.29. The van der Waals surface area contributed by atoms with Crippen LogP contribution < -0.4 is 15.2 Å². The number of nitrogen functional groups attached to an aromatic ring is 1. The number of benzene rings is 2. The zero-order valence-electron chi connectivity index (χ0n) is 11.3. The number of ether oxygens (including phenoxy) is 1. The third kappa shape index (κ3) is 3.89. The van der Waals surface area contributed by atoms with Crippen molar-refractivity contribution in [3.8, 4) is 5.75 Å². The summed E-state index contributed by atoms with van der Waals surface area (Å²) >= 11 is 3.34. The van der Waals surface area contributed by atoms with E-state index in [9.17, 15) is 8.42 Å². The van der Waals surface area contributed by atoms with Crippen molar-refractivity contribution in [1.82, 2.24) is 0 Å².